The number of carbonyl (C=O) groups excluding carboxylic acids is 2. The monoisotopic (exact) mass is 396 g/mol. The number of hydrogen-bond donors (Lipinski definition) is 2. The fourth-order valence-electron chi connectivity index (χ4n) is 2.14. The van der Waals surface area contributed by atoms with Crippen LogP contribution in [0.4, 0.5) is 11.4 Å². The van der Waals surface area contributed by atoms with Crippen LogP contribution < -0.4 is 10.6 Å². The topological polar surface area (TPSA) is 58.2 Å². The first-order valence-electron chi connectivity index (χ1n) is 7.55. The first-order chi connectivity index (χ1) is 11.8. The number of halogens is 2. The molecule has 0 radical (unpaired) electrons. The molecule has 0 aliphatic rings. The SMILES string of the molecule is Cc1cc(Cl)ccc1NC(=O)CSCC(=O)Nc1ccc(Cl)cc1C. The maximum Gasteiger partial charge on any atom is 0.234 e. The van der Waals surface area contributed by atoms with Crippen LogP contribution in [0.2, 0.25) is 10.0 Å². The molecule has 0 aliphatic carbocycles. The Labute approximate surface area is 161 Å². The lowest BCUT2D eigenvalue weighted by Crippen LogP contribution is -2.19. The molecule has 2 amide bonds. The van der Waals surface area contributed by atoms with Gasteiger partial charge in [0.05, 0.1) is 11.5 Å². The van der Waals surface area contributed by atoms with E-state index in [1.54, 1.807) is 36.4 Å². The van der Waals surface area contributed by atoms with E-state index in [0.717, 1.165) is 22.5 Å². The second-order valence-electron chi connectivity index (χ2n) is 5.51. The summed E-state index contributed by atoms with van der Waals surface area (Å²) in [6, 6.07) is 10.5. The molecule has 0 fully saturated rings. The van der Waals surface area contributed by atoms with Crippen molar-refractivity contribution in [1.29, 1.82) is 0 Å². The van der Waals surface area contributed by atoms with E-state index >= 15 is 0 Å². The molecule has 0 unspecified atom stereocenters. The van der Waals surface area contributed by atoms with Crippen LogP contribution >= 0.6 is 35.0 Å². The molecule has 2 N–H and O–H groups in total. The molecule has 0 heterocycles. The average molecular weight is 397 g/mol. The van der Waals surface area contributed by atoms with Crippen molar-refractivity contribution in [3.63, 3.8) is 0 Å². The predicted octanol–water partition coefficient (Wildman–Crippen LogP) is 4.92. The van der Waals surface area contributed by atoms with Crippen molar-refractivity contribution < 1.29 is 9.59 Å². The molecule has 0 saturated carbocycles. The Kier molecular flexibility index (Phi) is 7.17. The Bertz CT molecular complexity index is 731. The van der Waals surface area contributed by atoms with E-state index in [1.165, 1.54) is 11.8 Å². The number of thioether (sulfide) groups is 1. The van der Waals surface area contributed by atoms with Crippen molar-refractivity contribution in [1.82, 2.24) is 0 Å². The highest BCUT2D eigenvalue weighted by atomic mass is 35.5. The third-order valence-corrected chi connectivity index (χ3v) is 4.79. The molecule has 0 saturated heterocycles. The second-order valence-corrected chi connectivity index (χ2v) is 7.37. The van der Waals surface area contributed by atoms with Crippen molar-refractivity contribution in [3.8, 4) is 0 Å². The summed E-state index contributed by atoms with van der Waals surface area (Å²) in [4.78, 5) is 23.9. The Morgan fingerprint density at radius 2 is 1.24 bits per heavy atom. The molecule has 0 atom stereocenters. The maximum absolute atomic E-state index is 12.0. The summed E-state index contributed by atoms with van der Waals surface area (Å²) < 4.78 is 0. The van der Waals surface area contributed by atoms with Gasteiger partial charge in [-0.15, -0.1) is 11.8 Å². The Morgan fingerprint density at radius 3 is 1.60 bits per heavy atom. The van der Waals surface area contributed by atoms with E-state index in [1.807, 2.05) is 13.8 Å². The molecule has 0 aliphatic heterocycles. The van der Waals surface area contributed by atoms with Crippen LogP contribution in [-0.4, -0.2) is 23.3 Å². The summed E-state index contributed by atoms with van der Waals surface area (Å²) in [6.07, 6.45) is 0. The number of hydrogen-bond acceptors (Lipinski definition) is 3. The smallest absolute Gasteiger partial charge is 0.234 e. The van der Waals surface area contributed by atoms with Crippen molar-refractivity contribution >= 4 is 58.2 Å². The summed E-state index contributed by atoms with van der Waals surface area (Å²) in [5.41, 5.74) is 3.22. The summed E-state index contributed by atoms with van der Waals surface area (Å²) in [6.45, 7) is 3.74. The predicted molar refractivity (Wildman–Crippen MR) is 107 cm³/mol. The number of amides is 2. The van der Waals surface area contributed by atoms with Crippen LogP contribution in [0.5, 0.6) is 0 Å². The van der Waals surface area contributed by atoms with Gasteiger partial charge in [-0.25, -0.2) is 0 Å². The Balaban J connectivity index is 1.77. The normalized spacial score (nSPS) is 10.4. The van der Waals surface area contributed by atoms with Gasteiger partial charge in [-0.1, -0.05) is 23.2 Å². The molecule has 2 rings (SSSR count). The molecule has 0 aromatic heterocycles. The third kappa shape index (κ3) is 6.27. The maximum atomic E-state index is 12.0. The second kappa shape index (κ2) is 9.13. The van der Waals surface area contributed by atoms with Gasteiger partial charge in [-0.2, -0.15) is 0 Å². The molecule has 7 heteroatoms. The van der Waals surface area contributed by atoms with Gasteiger partial charge in [-0.05, 0) is 61.4 Å². The number of anilines is 2. The standard InChI is InChI=1S/C18H18Cl2N2O2S/c1-11-7-13(19)3-5-15(11)21-17(23)9-25-10-18(24)22-16-6-4-14(20)8-12(16)2/h3-8H,9-10H2,1-2H3,(H,21,23)(H,22,24). The molecular weight excluding hydrogens is 379 g/mol. The van der Waals surface area contributed by atoms with Crippen LogP contribution in [-0.2, 0) is 9.59 Å². The number of nitrogens with one attached hydrogen (secondary N) is 2. The van der Waals surface area contributed by atoms with Crippen molar-refractivity contribution in [2.45, 2.75) is 13.8 Å². The lowest BCUT2D eigenvalue weighted by Gasteiger charge is -2.10. The average Bonchev–Trinajstić information content (AvgIpc) is 2.53. The van der Waals surface area contributed by atoms with Crippen LogP contribution in [0.3, 0.4) is 0 Å². The number of carbonyl (C=O) groups is 2. The highest BCUT2D eigenvalue weighted by Gasteiger charge is 2.09. The first-order valence-corrected chi connectivity index (χ1v) is 9.46. The molecular formula is C18H18Cl2N2O2S. The summed E-state index contributed by atoms with van der Waals surface area (Å²) in [7, 11) is 0. The van der Waals surface area contributed by atoms with E-state index in [2.05, 4.69) is 10.6 Å². The molecule has 2 aromatic carbocycles. The largest absolute Gasteiger partial charge is 0.325 e. The van der Waals surface area contributed by atoms with Gasteiger partial charge in [-0.3, -0.25) is 9.59 Å². The van der Waals surface area contributed by atoms with Crippen LogP contribution in [0.15, 0.2) is 36.4 Å². The van der Waals surface area contributed by atoms with E-state index in [9.17, 15) is 9.59 Å². The molecule has 0 spiro atoms. The van der Waals surface area contributed by atoms with Crippen LogP contribution in [0.1, 0.15) is 11.1 Å². The quantitative estimate of drug-likeness (QED) is 0.728. The minimum Gasteiger partial charge on any atom is -0.325 e. The zero-order chi connectivity index (χ0) is 18.4. The lowest BCUT2D eigenvalue weighted by atomic mass is 10.2. The zero-order valence-electron chi connectivity index (χ0n) is 13.9. The lowest BCUT2D eigenvalue weighted by molar-refractivity contribution is -0.114. The Hall–Kier alpha value is -1.69. The van der Waals surface area contributed by atoms with Gasteiger partial charge in [0.15, 0.2) is 0 Å². The van der Waals surface area contributed by atoms with Gasteiger partial charge in [0.25, 0.3) is 0 Å². The summed E-state index contributed by atoms with van der Waals surface area (Å²) >= 11 is 13.0. The van der Waals surface area contributed by atoms with Gasteiger partial charge >= 0.3 is 0 Å². The zero-order valence-corrected chi connectivity index (χ0v) is 16.2. The number of benzene rings is 2. The van der Waals surface area contributed by atoms with Gasteiger partial charge in [0.2, 0.25) is 11.8 Å². The number of rotatable bonds is 6. The fraction of sp³-hybridized carbons (Fsp3) is 0.222. The molecule has 0 bridgehead atoms. The number of aryl methyl sites for hydroxylation is 2. The van der Waals surface area contributed by atoms with Gasteiger partial charge < -0.3 is 10.6 Å². The van der Waals surface area contributed by atoms with Gasteiger partial charge in [0, 0.05) is 21.4 Å². The highest BCUT2D eigenvalue weighted by molar-refractivity contribution is 8.00. The summed E-state index contributed by atoms with van der Waals surface area (Å²) in [5.74, 6) is 0.0567. The molecule has 4 nitrogen and oxygen atoms in total. The minimum atomic E-state index is -0.161. The Morgan fingerprint density at radius 1 is 0.840 bits per heavy atom. The van der Waals surface area contributed by atoms with E-state index in [-0.39, 0.29) is 23.3 Å². The molecule has 2 aromatic rings. The van der Waals surface area contributed by atoms with Gasteiger partial charge in [0.1, 0.15) is 0 Å². The van der Waals surface area contributed by atoms with E-state index < -0.39 is 0 Å². The highest BCUT2D eigenvalue weighted by Crippen LogP contribution is 2.21. The van der Waals surface area contributed by atoms with Crippen molar-refractivity contribution in [2.75, 3.05) is 22.1 Å². The van der Waals surface area contributed by atoms with Crippen molar-refractivity contribution in [3.05, 3.63) is 57.6 Å². The molecule has 132 valence electrons. The molecule has 25 heavy (non-hydrogen) atoms. The van der Waals surface area contributed by atoms with E-state index in [0.29, 0.717) is 10.0 Å². The first kappa shape index (κ1) is 19.6. The minimum absolute atomic E-state index is 0.161. The van der Waals surface area contributed by atoms with Crippen LogP contribution in [0, 0.1) is 13.8 Å². The fourth-order valence-corrected chi connectivity index (χ4v) is 3.21. The summed E-state index contributed by atoms with van der Waals surface area (Å²) in [5, 5.41) is 6.87. The van der Waals surface area contributed by atoms with Crippen LogP contribution in [0.25, 0.3) is 0 Å². The van der Waals surface area contributed by atoms with E-state index in [4.69, 9.17) is 23.2 Å². The van der Waals surface area contributed by atoms with Crippen molar-refractivity contribution in [2.24, 2.45) is 0 Å². The third-order valence-electron chi connectivity index (χ3n) is 3.39.